The number of nitrogens with zero attached hydrogens (tertiary/aromatic N) is 1. The van der Waals surface area contributed by atoms with E-state index in [4.69, 9.17) is 13.7 Å². The lowest BCUT2D eigenvalue weighted by Crippen LogP contribution is -2.41. The topological polar surface area (TPSA) is 98.1 Å². The number of nitrogens with one attached hydrogen (secondary N) is 1. The molecule has 1 saturated heterocycles. The summed E-state index contributed by atoms with van der Waals surface area (Å²) in [6.45, 7) is 10.1. The highest BCUT2D eigenvalue weighted by molar-refractivity contribution is 7.92. The Hall–Kier alpha value is -3.67. The summed E-state index contributed by atoms with van der Waals surface area (Å²) in [7, 11) is -2.84. The van der Waals surface area contributed by atoms with Gasteiger partial charge in [0.1, 0.15) is 17.2 Å². The molecule has 3 aromatic carbocycles. The summed E-state index contributed by atoms with van der Waals surface area (Å²) in [6, 6.07) is 16.5. The predicted molar refractivity (Wildman–Crippen MR) is 164 cm³/mol. The lowest BCUT2D eigenvalue weighted by atomic mass is 9.78. The van der Waals surface area contributed by atoms with Crippen molar-refractivity contribution in [3.8, 4) is 22.5 Å². The van der Waals surface area contributed by atoms with Crippen LogP contribution in [0.2, 0.25) is 0 Å². The molecule has 1 fully saturated rings. The summed E-state index contributed by atoms with van der Waals surface area (Å²) in [4.78, 5) is 13.4. The fourth-order valence-corrected chi connectivity index (χ4v) is 5.42. The van der Waals surface area contributed by atoms with Crippen molar-refractivity contribution in [3.63, 3.8) is 0 Å². The first-order chi connectivity index (χ1) is 19.6. The normalized spacial score (nSPS) is 16.1. The van der Waals surface area contributed by atoms with Crippen molar-refractivity contribution in [1.82, 2.24) is 5.32 Å². The van der Waals surface area contributed by atoms with E-state index < -0.39 is 34.2 Å². The summed E-state index contributed by atoms with van der Waals surface area (Å²) in [5.41, 5.74) is 2.40. The van der Waals surface area contributed by atoms with Crippen molar-refractivity contribution in [3.05, 3.63) is 72.0 Å². The van der Waals surface area contributed by atoms with Gasteiger partial charge in [-0.15, -0.1) is 0 Å². The molecule has 11 heteroatoms. The van der Waals surface area contributed by atoms with E-state index in [1.165, 1.54) is 35.6 Å². The molecule has 0 radical (unpaired) electrons. The monoisotopic (exact) mass is 592 g/mol. The Kier molecular flexibility index (Phi) is 7.49. The number of hydrogen-bond acceptors (Lipinski definition) is 6. The second-order valence-corrected chi connectivity index (χ2v) is 13.5. The number of anilines is 1. The van der Waals surface area contributed by atoms with Crippen LogP contribution in [0.5, 0.6) is 0 Å². The third kappa shape index (κ3) is 5.32. The number of sulfonamides is 1. The molecule has 0 aliphatic carbocycles. The number of furan rings is 1. The van der Waals surface area contributed by atoms with Crippen molar-refractivity contribution in [2.45, 2.75) is 45.8 Å². The van der Waals surface area contributed by atoms with Gasteiger partial charge in [0.2, 0.25) is 10.0 Å². The van der Waals surface area contributed by atoms with Crippen LogP contribution in [0.1, 0.15) is 45.0 Å². The maximum absolute atomic E-state index is 13.7. The molecule has 0 spiro atoms. The summed E-state index contributed by atoms with van der Waals surface area (Å²) in [5, 5.41) is 3.32. The quantitative estimate of drug-likeness (QED) is 0.291. The minimum atomic E-state index is -3.68. The molecule has 1 aliphatic heterocycles. The van der Waals surface area contributed by atoms with Crippen LogP contribution < -0.4 is 15.1 Å². The summed E-state index contributed by atoms with van der Waals surface area (Å²) in [5.74, 6) is -0.528. The second kappa shape index (κ2) is 10.6. The number of carbonyl (C=O) groups excluding carboxylic acids is 1. The number of fused-ring (bicyclic) bond motifs is 1. The zero-order valence-corrected chi connectivity index (χ0v) is 25.6. The standard InChI is InChI=1S/C31H34BFN2O6S/c1-8-34-29(36)27-24-17-23(20-10-9-11-21(16-20)32-40-30(2,3)31(4,5)41-32)25(35(6)42(7,37)38)18-26(24)39-28(27)19-12-14-22(33)15-13-19/h9-18H,8H2,1-7H3,(H,34,36). The van der Waals surface area contributed by atoms with Crippen LogP contribution >= 0.6 is 0 Å². The van der Waals surface area contributed by atoms with Crippen LogP contribution in [-0.4, -0.2) is 52.5 Å². The smallest absolute Gasteiger partial charge is 0.455 e. The third-order valence-electron chi connectivity index (χ3n) is 8.04. The molecule has 1 aromatic heterocycles. The fraction of sp³-hybridized carbons (Fsp3) is 0.323. The van der Waals surface area contributed by atoms with E-state index >= 15 is 0 Å². The Balaban J connectivity index is 1.75. The SMILES string of the molecule is CCNC(=O)c1c(-c2ccc(F)cc2)oc2cc(N(C)S(C)(=O)=O)c(-c3cccc(B4OC(C)(C)C(C)(C)O4)c3)cc12. The molecule has 0 atom stereocenters. The average molecular weight is 592 g/mol. The maximum Gasteiger partial charge on any atom is 0.494 e. The van der Waals surface area contributed by atoms with Gasteiger partial charge in [0, 0.05) is 36.2 Å². The molecule has 0 saturated carbocycles. The van der Waals surface area contributed by atoms with Crippen molar-refractivity contribution < 1.29 is 31.3 Å². The van der Waals surface area contributed by atoms with Gasteiger partial charge < -0.3 is 19.0 Å². The van der Waals surface area contributed by atoms with E-state index in [-0.39, 0.29) is 17.2 Å². The van der Waals surface area contributed by atoms with Crippen LogP contribution in [0.3, 0.4) is 0 Å². The van der Waals surface area contributed by atoms with E-state index in [9.17, 15) is 17.6 Å². The molecule has 4 aromatic rings. The van der Waals surface area contributed by atoms with Crippen molar-refractivity contribution >= 4 is 45.2 Å². The zero-order valence-electron chi connectivity index (χ0n) is 24.7. The first-order valence-corrected chi connectivity index (χ1v) is 15.5. The summed E-state index contributed by atoms with van der Waals surface area (Å²) < 4.78 is 59.1. The zero-order chi connectivity index (χ0) is 30.6. The Morgan fingerprint density at radius 2 is 1.62 bits per heavy atom. The number of carbonyl (C=O) groups is 1. The highest BCUT2D eigenvalue weighted by Crippen LogP contribution is 2.42. The number of halogens is 1. The predicted octanol–water partition coefficient (Wildman–Crippen LogP) is 5.35. The molecule has 1 amide bonds. The Bertz CT molecular complexity index is 1770. The molecule has 0 unspecified atom stereocenters. The molecule has 1 N–H and O–H groups in total. The van der Waals surface area contributed by atoms with Gasteiger partial charge >= 0.3 is 7.12 Å². The van der Waals surface area contributed by atoms with E-state index in [0.717, 1.165) is 11.7 Å². The van der Waals surface area contributed by atoms with Gasteiger partial charge in [0.15, 0.2) is 0 Å². The minimum absolute atomic E-state index is 0.257. The van der Waals surface area contributed by atoms with Gasteiger partial charge in [-0.2, -0.15) is 0 Å². The minimum Gasteiger partial charge on any atom is -0.455 e. The summed E-state index contributed by atoms with van der Waals surface area (Å²) in [6.07, 6.45) is 1.12. The second-order valence-electron chi connectivity index (χ2n) is 11.5. The van der Waals surface area contributed by atoms with Gasteiger partial charge in [0.25, 0.3) is 5.91 Å². The number of benzene rings is 3. The van der Waals surface area contributed by atoms with Crippen LogP contribution in [-0.2, 0) is 19.3 Å². The molecule has 2 heterocycles. The van der Waals surface area contributed by atoms with Crippen LogP contribution in [0.25, 0.3) is 33.4 Å². The molecule has 0 bridgehead atoms. The molecule has 1 aliphatic rings. The first-order valence-electron chi connectivity index (χ1n) is 13.7. The van der Waals surface area contributed by atoms with E-state index in [2.05, 4.69) is 5.32 Å². The van der Waals surface area contributed by atoms with Gasteiger partial charge in [-0.25, -0.2) is 12.8 Å². The number of amides is 1. The molecular formula is C31H34BFN2O6S. The van der Waals surface area contributed by atoms with Crippen LogP contribution in [0.4, 0.5) is 10.1 Å². The van der Waals surface area contributed by atoms with Crippen LogP contribution in [0, 0.1) is 5.82 Å². The highest BCUT2D eigenvalue weighted by atomic mass is 32.2. The van der Waals surface area contributed by atoms with E-state index in [0.29, 0.717) is 39.9 Å². The van der Waals surface area contributed by atoms with Crippen molar-refractivity contribution in [2.24, 2.45) is 0 Å². The lowest BCUT2D eigenvalue weighted by Gasteiger charge is -2.32. The molecular weight excluding hydrogens is 558 g/mol. The lowest BCUT2D eigenvalue weighted by molar-refractivity contribution is 0.00578. The van der Waals surface area contributed by atoms with Gasteiger partial charge in [-0.3, -0.25) is 9.10 Å². The van der Waals surface area contributed by atoms with Gasteiger partial charge in [0.05, 0.1) is 28.7 Å². The van der Waals surface area contributed by atoms with Gasteiger partial charge in [-0.1, -0.05) is 24.3 Å². The molecule has 42 heavy (non-hydrogen) atoms. The average Bonchev–Trinajstić information content (AvgIpc) is 3.40. The summed E-state index contributed by atoms with van der Waals surface area (Å²) >= 11 is 0. The van der Waals surface area contributed by atoms with Crippen molar-refractivity contribution in [1.29, 1.82) is 0 Å². The maximum atomic E-state index is 13.7. The van der Waals surface area contributed by atoms with E-state index in [1.807, 2.05) is 58.9 Å². The number of rotatable bonds is 7. The highest BCUT2D eigenvalue weighted by Gasteiger charge is 2.51. The Morgan fingerprint density at radius 3 is 2.21 bits per heavy atom. The Morgan fingerprint density at radius 1 is 0.976 bits per heavy atom. The fourth-order valence-electron chi connectivity index (χ4n) is 4.91. The largest absolute Gasteiger partial charge is 0.494 e. The van der Waals surface area contributed by atoms with Gasteiger partial charge in [-0.05, 0) is 76.0 Å². The third-order valence-corrected chi connectivity index (χ3v) is 9.23. The van der Waals surface area contributed by atoms with Crippen LogP contribution in [0.15, 0.2) is 65.1 Å². The molecule has 8 nitrogen and oxygen atoms in total. The van der Waals surface area contributed by atoms with Crippen molar-refractivity contribution in [2.75, 3.05) is 24.2 Å². The first kappa shape index (κ1) is 29.8. The Labute approximate surface area is 246 Å². The van der Waals surface area contributed by atoms with E-state index in [1.54, 1.807) is 12.1 Å². The number of hydrogen-bond donors (Lipinski definition) is 1. The molecule has 220 valence electrons. The molecule has 5 rings (SSSR count).